The first-order chi connectivity index (χ1) is 7.56. The van der Waals surface area contributed by atoms with Crippen molar-refractivity contribution in [2.45, 2.75) is 25.7 Å². The van der Waals surface area contributed by atoms with Crippen molar-refractivity contribution in [3.8, 4) is 0 Å². The summed E-state index contributed by atoms with van der Waals surface area (Å²) in [5.74, 6) is -0.452. The highest BCUT2D eigenvalue weighted by Gasteiger charge is 2.19. The normalized spacial score (nSPS) is 12.1. The van der Waals surface area contributed by atoms with Crippen LogP contribution in [-0.2, 0) is 4.79 Å². The van der Waals surface area contributed by atoms with Gasteiger partial charge in [0.2, 0.25) is 5.24 Å². The molecule has 0 amide bonds. The number of non-ortho nitro benzene ring substituents is 1. The molecule has 0 saturated carbocycles. The van der Waals surface area contributed by atoms with Gasteiger partial charge in [0.25, 0.3) is 5.69 Å². The molecule has 0 aromatic heterocycles. The Bertz CT molecular complexity index is 406. The van der Waals surface area contributed by atoms with Gasteiger partial charge in [-0.3, -0.25) is 14.9 Å². The summed E-state index contributed by atoms with van der Waals surface area (Å²) in [6, 6.07) is 6.05. The number of benzene rings is 1. The van der Waals surface area contributed by atoms with Crippen molar-refractivity contribution < 1.29 is 9.72 Å². The molecule has 1 aromatic carbocycles. The average molecular weight is 242 g/mol. The van der Waals surface area contributed by atoms with E-state index in [1.165, 1.54) is 12.1 Å². The first kappa shape index (κ1) is 12.6. The summed E-state index contributed by atoms with van der Waals surface area (Å²) in [5, 5.41) is 10.1. The van der Waals surface area contributed by atoms with E-state index in [0.717, 1.165) is 6.42 Å². The van der Waals surface area contributed by atoms with Crippen molar-refractivity contribution in [1.82, 2.24) is 0 Å². The van der Waals surface area contributed by atoms with Crippen molar-refractivity contribution >= 4 is 22.5 Å². The first-order valence-corrected chi connectivity index (χ1v) is 5.37. The molecular formula is C11H12ClNO3. The first-order valence-electron chi connectivity index (χ1n) is 5.00. The van der Waals surface area contributed by atoms with Crippen LogP contribution < -0.4 is 0 Å². The number of carbonyl (C=O) groups is 1. The fourth-order valence-electron chi connectivity index (χ4n) is 1.55. The molecule has 0 aliphatic heterocycles. The summed E-state index contributed by atoms with van der Waals surface area (Å²) >= 11 is 5.48. The lowest BCUT2D eigenvalue weighted by Crippen LogP contribution is -2.06. The maximum Gasteiger partial charge on any atom is 0.269 e. The molecule has 0 aliphatic rings. The maximum atomic E-state index is 11.2. The highest BCUT2D eigenvalue weighted by molar-refractivity contribution is 6.64. The van der Waals surface area contributed by atoms with Crippen LogP contribution in [0.15, 0.2) is 24.3 Å². The third-order valence-electron chi connectivity index (χ3n) is 2.33. The van der Waals surface area contributed by atoms with Crippen molar-refractivity contribution in [1.29, 1.82) is 0 Å². The van der Waals surface area contributed by atoms with Crippen LogP contribution in [0.3, 0.4) is 0 Å². The number of carbonyl (C=O) groups excluding carboxylic acids is 1. The van der Waals surface area contributed by atoms with E-state index < -0.39 is 16.1 Å². The summed E-state index contributed by atoms with van der Waals surface area (Å²) in [4.78, 5) is 21.3. The fourth-order valence-corrected chi connectivity index (χ4v) is 1.79. The van der Waals surface area contributed by atoms with E-state index in [4.69, 9.17) is 11.6 Å². The van der Waals surface area contributed by atoms with Crippen LogP contribution >= 0.6 is 11.6 Å². The van der Waals surface area contributed by atoms with E-state index in [1.54, 1.807) is 12.1 Å². The zero-order valence-electron chi connectivity index (χ0n) is 8.85. The molecule has 0 N–H and O–H groups in total. The largest absolute Gasteiger partial charge is 0.281 e. The van der Waals surface area contributed by atoms with Gasteiger partial charge in [-0.15, -0.1) is 0 Å². The lowest BCUT2D eigenvalue weighted by molar-refractivity contribution is -0.384. The summed E-state index contributed by atoms with van der Waals surface area (Å²) < 4.78 is 0. The van der Waals surface area contributed by atoms with Gasteiger partial charge in [-0.2, -0.15) is 0 Å². The van der Waals surface area contributed by atoms with Gasteiger partial charge in [0.1, 0.15) is 0 Å². The van der Waals surface area contributed by atoms with Gasteiger partial charge in [0.15, 0.2) is 0 Å². The number of nitrogens with zero attached hydrogens (tertiary/aromatic N) is 1. The van der Waals surface area contributed by atoms with Crippen molar-refractivity contribution in [2.24, 2.45) is 0 Å². The number of rotatable bonds is 5. The molecule has 0 radical (unpaired) electrons. The second kappa shape index (κ2) is 5.61. The van der Waals surface area contributed by atoms with Gasteiger partial charge < -0.3 is 0 Å². The summed E-state index contributed by atoms with van der Waals surface area (Å²) in [7, 11) is 0. The number of hydrogen-bond acceptors (Lipinski definition) is 3. The Morgan fingerprint density at radius 1 is 1.56 bits per heavy atom. The minimum Gasteiger partial charge on any atom is -0.281 e. The zero-order valence-corrected chi connectivity index (χ0v) is 9.61. The van der Waals surface area contributed by atoms with Gasteiger partial charge >= 0.3 is 0 Å². The zero-order chi connectivity index (χ0) is 12.1. The summed E-state index contributed by atoms with van der Waals surface area (Å²) in [6.07, 6.45) is 1.40. The molecule has 0 fully saturated rings. The molecule has 16 heavy (non-hydrogen) atoms. The molecule has 1 atom stereocenters. The topological polar surface area (TPSA) is 60.2 Å². The highest BCUT2D eigenvalue weighted by Crippen LogP contribution is 2.26. The third kappa shape index (κ3) is 3.03. The van der Waals surface area contributed by atoms with Crippen LogP contribution in [0.25, 0.3) is 0 Å². The Hall–Kier alpha value is -1.42. The SMILES string of the molecule is CCCC(C(=O)Cl)c1cccc([N+](=O)[O-])c1. The summed E-state index contributed by atoms with van der Waals surface area (Å²) in [5.41, 5.74) is 0.590. The van der Waals surface area contributed by atoms with Gasteiger partial charge in [-0.05, 0) is 23.6 Å². The van der Waals surface area contributed by atoms with Crippen molar-refractivity contribution in [2.75, 3.05) is 0 Å². The van der Waals surface area contributed by atoms with Crippen LogP contribution in [0.5, 0.6) is 0 Å². The number of nitro benzene ring substituents is 1. The Morgan fingerprint density at radius 2 is 2.25 bits per heavy atom. The van der Waals surface area contributed by atoms with Crippen LogP contribution in [0, 0.1) is 10.1 Å². The Balaban J connectivity index is 3.04. The lowest BCUT2D eigenvalue weighted by Gasteiger charge is -2.11. The van der Waals surface area contributed by atoms with Crippen LogP contribution in [0.1, 0.15) is 31.2 Å². The highest BCUT2D eigenvalue weighted by atomic mass is 35.5. The van der Waals surface area contributed by atoms with Crippen molar-refractivity contribution in [3.63, 3.8) is 0 Å². The van der Waals surface area contributed by atoms with Crippen LogP contribution in [0.2, 0.25) is 0 Å². The van der Waals surface area contributed by atoms with E-state index in [0.29, 0.717) is 12.0 Å². The van der Waals surface area contributed by atoms with E-state index >= 15 is 0 Å². The Labute approximate surface area is 98.4 Å². The van der Waals surface area contributed by atoms with E-state index in [1.807, 2.05) is 6.92 Å². The molecule has 86 valence electrons. The van der Waals surface area contributed by atoms with Gasteiger partial charge in [-0.1, -0.05) is 25.5 Å². The molecule has 1 unspecified atom stereocenters. The molecule has 0 spiro atoms. The average Bonchev–Trinajstić information content (AvgIpc) is 2.25. The molecule has 1 rings (SSSR count). The molecule has 1 aromatic rings. The second-order valence-corrected chi connectivity index (χ2v) is 3.87. The Kier molecular flexibility index (Phi) is 4.43. The van der Waals surface area contributed by atoms with E-state index in [9.17, 15) is 14.9 Å². The van der Waals surface area contributed by atoms with Gasteiger partial charge in [0.05, 0.1) is 10.8 Å². The van der Waals surface area contributed by atoms with Crippen molar-refractivity contribution in [3.05, 3.63) is 39.9 Å². The van der Waals surface area contributed by atoms with Gasteiger partial charge in [0, 0.05) is 12.1 Å². The second-order valence-electron chi connectivity index (χ2n) is 3.50. The number of nitro groups is 1. The summed E-state index contributed by atoms with van der Waals surface area (Å²) in [6.45, 7) is 1.93. The van der Waals surface area contributed by atoms with E-state index in [2.05, 4.69) is 0 Å². The minimum atomic E-state index is -0.481. The van der Waals surface area contributed by atoms with E-state index in [-0.39, 0.29) is 5.69 Å². The molecule has 0 aliphatic carbocycles. The lowest BCUT2D eigenvalue weighted by atomic mass is 9.95. The van der Waals surface area contributed by atoms with Crippen LogP contribution in [-0.4, -0.2) is 10.2 Å². The fraction of sp³-hybridized carbons (Fsp3) is 0.364. The maximum absolute atomic E-state index is 11.2. The van der Waals surface area contributed by atoms with Gasteiger partial charge in [-0.25, -0.2) is 0 Å². The standard InChI is InChI=1S/C11H12ClNO3/c1-2-4-10(11(12)14)8-5-3-6-9(7-8)13(15)16/h3,5-7,10H,2,4H2,1H3. The Morgan fingerprint density at radius 3 is 2.75 bits per heavy atom. The minimum absolute atomic E-state index is 0.0171. The quantitative estimate of drug-likeness (QED) is 0.452. The molecule has 4 nitrogen and oxygen atoms in total. The molecule has 0 bridgehead atoms. The molecule has 5 heteroatoms. The molecule has 0 heterocycles. The molecule has 0 saturated heterocycles. The number of hydrogen-bond donors (Lipinski definition) is 0. The van der Waals surface area contributed by atoms with Crippen LogP contribution in [0.4, 0.5) is 5.69 Å². The smallest absolute Gasteiger partial charge is 0.269 e. The molecular weight excluding hydrogens is 230 g/mol. The number of halogens is 1. The predicted molar refractivity (Wildman–Crippen MR) is 61.6 cm³/mol. The predicted octanol–water partition coefficient (Wildman–Crippen LogP) is 3.24. The monoisotopic (exact) mass is 241 g/mol. The third-order valence-corrected chi connectivity index (χ3v) is 2.60.